The van der Waals surface area contributed by atoms with Crippen LogP contribution in [0.15, 0.2) is 22.7 Å². The van der Waals surface area contributed by atoms with Gasteiger partial charge in [-0.1, -0.05) is 22.0 Å². The van der Waals surface area contributed by atoms with Crippen LogP contribution in [0.25, 0.3) is 0 Å². The number of amides is 1. The third kappa shape index (κ3) is 3.57. The Hall–Kier alpha value is -0.870. The molecular weight excluding hydrogens is 306 g/mol. The molecule has 0 aliphatic carbocycles. The lowest BCUT2D eigenvalue weighted by atomic mass is 9.94. The van der Waals surface area contributed by atoms with Gasteiger partial charge in [0.2, 0.25) is 0 Å². The number of likely N-dealkylation sites (tertiary alicyclic amines) is 1. The Kier molecular flexibility index (Phi) is 4.99. The molecule has 1 aromatic rings. The lowest BCUT2D eigenvalue weighted by Crippen LogP contribution is -2.40. The van der Waals surface area contributed by atoms with Gasteiger partial charge in [-0.3, -0.25) is 4.79 Å². The highest BCUT2D eigenvalue weighted by molar-refractivity contribution is 9.10. The van der Waals surface area contributed by atoms with Gasteiger partial charge in [0.1, 0.15) is 0 Å². The number of benzene rings is 1. The maximum Gasteiger partial charge on any atom is 0.254 e. The number of nitrogens with zero attached hydrogens (tertiary/aromatic N) is 1. The minimum Gasteiger partial charge on any atom is -0.396 e. The number of aryl methyl sites for hydroxylation is 1. The molecule has 1 aliphatic rings. The largest absolute Gasteiger partial charge is 0.396 e. The molecule has 0 saturated carbocycles. The van der Waals surface area contributed by atoms with Crippen LogP contribution < -0.4 is 0 Å². The fraction of sp³-hybridized carbons (Fsp3) is 0.533. The first-order chi connectivity index (χ1) is 9.11. The summed E-state index contributed by atoms with van der Waals surface area (Å²) < 4.78 is 0.936. The first-order valence-corrected chi connectivity index (χ1v) is 7.57. The second-order valence-electron chi connectivity index (χ2n) is 5.23. The molecule has 4 heteroatoms. The molecule has 0 radical (unpaired) electrons. The summed E-state index contributed by atoms with van der Waals surface area (Å²) in [5, 5.41) is 9.03. The standard InChI is InChI=1S/C15H20BrNO2/c1-11-4-5-13(16)9-14(11)15(19)17-7-2-3-12(10-17)6-8-18/h4-5,9,12,18H,2-3,6-8,10H2,1H3. The average molecular weight is 326 g/mol. The molecule has 0 bridgehead atoms. The molecule has 1 fully saturated rings. The van der Waals surface area contributed by atoms with Gasteiger partial charge in [-0.2, -0.15) is 0 Å². The number of aliphatic hydroxyl groups excluding tert-OH is 1. The monoisotopic (exact) mass is 325 g/mol. The van der Waals surface area contributed by atoms with Crippen LogP contribution in [0.1, 0.15) is 35.2 Å². The summed E-state index contributed by atoms with van der Waals surface area (Å²) in [6.07, 6.45) is 2.94. The SMILES string of the molecule is Cc1ccc(Br)cc1C(=O)N1CCCC(CCO)C1. The highest BCUT2D eigenvalue weighted by Gasteiger charge is 2.25. The van der Waals surface area contributed by atoms with Gasteiger partial charge < -0.3 is 10.0 Å². The van der Waals surface area contributed by atoms with Crippen LogP contribution in [0.5, 0.6) is 0 Å². The zero-order valence-corrected chi connectivity index (χ0v) is 12.8. The number of hydrogen-bond acceptors (Lipinski definition) is 2. The van der Waals surface area contributed by atoms with Crippen molar-refractivity contribution in [2.24, 2.45) is 5.92 Å². The summed E-state index contributed by atoms with van der Waals surface area (Å²) in [5.74, 6) is 0.552. The number of rotatable bonds is 3. The minimum absolute atomic E-state index is 0.112. The minimum atomic E-state index is 0.112. The zero-order valence-electron chi connectivity index (χ0n) is 11.2. The fourth-order valence-corrected chi connectivity index (χ4v) is 3.02. The van der Waals surface area contributed by atoms with Crippen LogP contribution in [-0.2, 0) is 0 Å². The van der Waals surface area contributed by atoms with Gasteiger partial charge in [0.15, 0.2) is 0 Å². The third-order valence-electron chi connectivity index (χ3n) is 3.77. The molecule has 1 N–H and O–H groups in total. The van der Waals surface area contributed by atoms with E-state index in [0.29, 0.717) is 5.92 Å². The number of aliphatic hydroxyl groups is 1. The third-order valence-corrected chi connectivity index (χ3v) is 4.27. The molecule has 1 amide bonds. The molecule has 1 saturated heterocycles. The molecule has 1 aromatic carbocycles. The van der Waals surface area contributed by atoms with Gasteiger partial charge in [-0.05, 0) is 49.8 Å². The topological polar surface area (TPSA) is 40.5 Å². The van der Waals surface area contributed by atoms with Crippen LogP contribution in [0, 0.1) is 12.8 Å². The average Bonchev–Trinajstić information content (AvgIpc) is 2.41. The molecule has 0 aromatic heterocycles. The van der Waals surface area contributed by atoms with E-state index in [0.717, 1.165) is 48.0 Å². The first-order valence-electron chi connectivity index (χ1n) is 6.78. The lowest BCUT2D eigenvalue weighted by Gasteiger charge is -2.33. The number of piperidine rings is 1. The normalized spacial score (nSPS) is 19.5. The molecule has 104 valence electrons. The van der Waals surface area contributed by atoms with E-state index in [1.165, 1.54) is 0 Å². The van der Waals surface area contributed by atoms with Gasteiger partial charge in [0.05, 0.1) is 0 Å². The maximum absolute atomic E-state index is 12.6. The van der Waals surface area contributed by atoms with Crippen molar-refractivity contribution in [2.45, 2.75) is 26.2 Å². The molecule has 2 rings (SSSR count). The Morgan fingerprint density at radius 2 is 2.32 bits per heavy atom. The smallest absolute Gasteiger partial charge is 0.254 e. The van der Waals surface area contributed by atoms with Crippen molar-refractivity contribution in [2.75, 3.05) is 19.7 Å². The highest BCUT2D eigenvalue weighted by atomic mass is 79.9. The van der Waals surface area contributed by atoms with Crippen molar-refractivity contribution >= 4 is 21.8 Å². The van der Waals surface area contributed by atoms with Crippen molar-refractivity contribution in [3.05, 3.63) is 33.8 Å². The van der Waals surface area contributed by atoms with E-state index >= 15 is 0 Å². The van der Waals surface area contributed by atoms with Crippen molar-refractivity contribution in [3.63, 3.8) is 0 Å². The molecule has 19 heavy (non-hydrogen) atoms. The van der Waals surface area contributed by atoms with Gasteiger partial charge in [0, 0.05) is 29.7 Å². The predicted molar refractivity (Wildman–Crippen MR) is 79.2 cm³/mol. The van der Waals surface area contributed by atoms with Crippen LogP contribution in [0.4, 0.5) is 0 Å². The fourth-order valence-electron chi connectivity index (χ4n) is 2.66. The number of hydrogen-bond donors (Lipinski definition) is 1. The quantitative estimate of drug-likeness (QED) is 0.928. The van der Waals surface area contributed by atoms with Crippen molar-refractivity contribution < 1.29 is 9.90 Å². The van der Waals surface area contributed by atoms with E-state index in [1.807, 2.05) is 30.0 Å². The lowest BCUT2D eigenvalue weighted by molar-refractivity contribution is 0.0653. The van der Waals surface area contributed by atoms with Crippen molar-refractivity contribution in [1.29, 1.82) is 0 Å². The summed E-state index contributed by atoms with van der Waals surface area (Å²) >= 11 is 3.42. The Morgan fingerprint density at radius 1 is 1.53 bits per heavy atom. The van der Waals surface area contributed by atoms with Gasteiger partial charge in [-0.15, -0.1) is 0 Å². The predicted octanol–water partition coefficient (Wildman–Crippen LogP) is 2.99. The van der Waals surface area contributed by atoms with Gasteiger partial charge >= 0.3 is 0 Å². The summed E-state index contributed by atoms with van der Waals surface area (Å²) in [7, 11) is 0. The van der Waals surface area contributed by atoms with E-state index in [1.54, 1.807) is 0 Å². The number of carbonyl (C=O) groups is 1. The molecule has 1 heterocycles. The number of carbonyl (C=O) groups excluding carboxylic acids is 1. The van der Waals surface area contributed by atoms with Crippen LogP contribution in [0.3, 0.4) is 0 Å². The molecular formula is C15H20BrNO2. The number of halogens is 1. The van der Waals surface area contributed by atoms with Crippen LogP contribution in [-0.4, -0.2) is 35.6 Å². The Labute approximate surface area is 122 Å². The van der Waals surface area contributed by atoms with Crippen LogP contribution >= 0.6 is 15.9 Å². The molecule has 0 spiro atoms. The van der Waals surface area contributed by atoms with E-state index < -0.39 is 0 Å². The molecule has 1 atom stereocenters. The van der Waals surface area contributed by atoms with E-state index in [-0.39, 0.29) is 12.5 Å². The van der Waals surface area contributed by atoms with Crippen LogP contribution in [0.2, 0.25) is 0 Å². The van der Waals surface area contributed by atoms with Crippen molar-refractivity contribution in [1.82, 2.24) is 4.90 Å². The summed E-state index contributed by atoms with van der Waals surface area (Å²) in [5.41, 5.74) is 1.79. The van der Waals surface area contributed by atoms with Crippen molar-refractivity contribution in [3.8, 4) is 0 Å². The summed E-state index contributed by atoms with van der Waals surface area (Å²) in [6, 6.07) is 5.82. The zero-order chi connectivity index (χ0) is 13.8. The second-order valence-corrected chi connectivity index (χ2v) is 6.15. The Balaban J connectivity index is 2.12. The first kappa shape index (κ1) is 14.5. The highest BCUT2D eigenvalue weighted by Crippen LogP contribution is 2.23. The van der Waals surface area contributed by atoms with Gasteiger partial charge in [-0.25, -0.2) is 0 Å². The maximum atomic E-state index is 12.6. The van der Waals surface area contributed by atoms with Gasteiger partial charge in [0.25, 0.3) is 5.91 Å². The summed E-state index contributed by atoms with van der Waals surface area (Å²) in [4.78, 5) is 14.5. The molecule has 1 unspecified atom stereocenters. The Morgan fingerprint density at radius 3 is 3.05 bits per heavy atom. The van der Waals surface area contributed by atoms with E-state index in [9.17, 15) is 4.79 Å². The molecule has 1 aliphatic heterocycles. The van der Waals surface area contributed by atoms with E-state index in [4.69, 9.17) is 5.11 Å². The second kappa shape index (κ2) is 6.53. The Bertz CT molecular complexity index is 459. The van der Waals surface area contributed by atoms with E-state index in [2.05, 4.69) is 15.9 Å². The summed E-state index contributed by atoms with van der Waals surface area (Å²) in [6.45, 7) is 3.77. The molecule has 3 nitrogen and oxygen atoms in total.